The molecule has 27 heavy (non-hydrogen) atoms. The first kappa shape index (κ1) is 19.5. The van der Waals surface area contributed by atoms with Crippen molar-refractivity contribution in [3.05, 3.63) is 40.2 Å². The molecular formula is C21H31N5O. The van der Waals surface area contributed by atoms with Gasteiger partial charge >= 0.3 is 0 Å². The Balaban J connectivity index is 1.92. The van der Waals surface area contributed by atoms with Gasteiger partial charge in [-0.25, -0.2) is 9.97 Å². The quantitative estimate of drug-likeness (QED) is 0.862. The number of carbonyl (C=O) groups excluding carboxylic acids is 1. The number of aromatic nitrogens is 4. The van der Waals surface area contributed by atoms with E-state index in [9.17, 15) is 4.79 Å². The lowest BCUT2D eigenvalue weighted by molar-refractivity contribution is 0.0913. The van der Waals surface area contributed by atoms with Crippen molar-refractivity contribution in [1.82, 2.24) is 25.5 Å². The van der Waals surface area contributed by atoms with Gasteiger partial charge in [0.25, 0.3) is 5.91 Å². The summed E-state index contributed by atoms with van der Waals surface area (Å²) in [6, 6.07) is -0.105. The number of aromatic amines is 1. The first-order valence-corrected chi connectivity index (χ1v) is 9.73. The van der Waals surface area contributed by atoms with Crippen molar-refractivity contribution in [2.45, 2.75) is 79.2 Å². The predicted molar refractivity (Wildman–Crippen MR) is 106 cm³/mol. The van der Waals surface area contributed by atoms with E-state index in [1.165, 1.54) is 0 Å². The lowest BCUT2D eigenvalue weighted by Gasteiger charge is -2.37. The van der Waals surface area contributed by atoms with Crippen LogP contribution in [0.4, 0.5) is 0 Å². The summed E-state index contributed by atoms with van der Waals surface area (Å²) in [4.78, 5) is 22.3. The van der Waals surface area contributed by atoms with Gasteiger partial charge in [-0.1, -0.05) is 41.5 Å². The zero-order chi connectivity index (χ0) is 20.0. The van der Waals surface area contributed by atoms with Crippen LogP contribution in [0.25, 0.3) is 0 Å². The third-order valence-electron chi connectivity index (χ3n) is 5.33. The molecular weight excluding hydrogens is 338 g/mol. The second-order valence-electron chi connectivity index (χ2n) is 9.45. The van der Waals surface area contributed by atoms with E-state index in [0.29, 0.717) is 5.69 Å². The number of carbonyl (C=O) groups is 1. The van der Waals surface area contributed by atoms with Crippen LogP contribution in [0, 0.1) is 12.3 Å². The number of hydrogen-bond acceptors (Lipinski definition) is 4. The van der Waals surface area contributed by atoms with Gasteiger partial charge in [0.1, 0.15) is 5.82 Å². The molecule has 6 nitrogen and oxygen atoms in total. The maximum atomic E-state index is 12.9. The third kappa shape index (κ3) is 3.89. The minimum Gasteiger partial charge on any atom is -0.344 e. The average molecular weight is 370 g/mol. The third-order valence-corrected chi connectivity index (χ3v) is 5.33. The molecule has 0 saturated heterocycles. The molecule has 0 bridgehead atoms. The number of fused-ring (bicyclic) bond motifs is 1. The summed E-state index contributed by atoms with van der Waals surface area (Å²) >= 11 is 0. The molecule has 1 unspecified atom stereocenters. The van der Waals surface area contributed by atoms with Crippen molar-refractivity contribution in [2.75, 3.05) is 0 Å². The molecule has 3 rings (SSSR count). The lowest BCUT2D eigenvalue weighted by Crippen LogP contribution is -2.38. The Morgan fingerprint density at radius 1 is 1.37 bits per heavy atom. The summed E-state index contributed by atoms with van der Waals surface area (Å²) in [7, 11) is 0. The highest BCUT2D eigenvalue weighted by molar-refractivity contribution is 5.94. The number of rotatable bonds is 3. The van der Waals surface area contributed by atoms with Gasteiger partial charge in [-0.15, -0.1) is 0 Å². The normalized spacial score (nSPS) is 18.9. The van der Waals surface area contributed by atoms with E-state index >= 15 is 0 Å². The maximum absolute atomic E-state index is 12.9. The van der Waals surface area contributed by atoms with Crippen LogP contribution in [-0.4, -0.2) is 26.1 Å². The smallest absolute Gasteiger partial charge is 0.272 e. The fourth-order valence-corrected chi connectivity index (χ4v) is 3.76. The van der Waals surface area contributed by atoms with Crippen LogP contribution >= 0.6 is 0 Å². The number of aryl methyl sites for hydroxylation is 1. The largest absolute Gasteiger partial charge is 0.344 e. The molecule has 2 aromatic heterocycles. The zero-order valence-corrected chi connectivity index (χ0v) is 17.5. The Morgan fingerprint density at radius 3 is 2.67 bits per heavy atom. The van der Waals surface area contributed by atoms with E-state index < -0.39 is 0 Å². The zero-order valence-electron chi connectivity index (χ0n) is 17.5. The molecule has 146 valence electrons. The number of nitrogens with zero attached hydrogens (tertiary/aromatic N) is 3. The lowest BCUT2D eigenvalue weighted by atomic mass is 9.74. The van der Waals surface area contributed by atoms with Gasteiger partial charge in [0.05, 0.1) is 6.04 Å². The molecule has 1 aliphatic carbocycles. The summed E-state index contributed by atoms with van der Waals surface area (Å²) in [5.74, 6) is 0.705. The molecule has 2 heterocycles. The van der Waals surface area contributed by atoms with Crippen LogP contribution in [0.3, 0.4) is 0 Å². The van der Waals surface area contributed by atoms with Crippen molar-refractivity contribution in [3.8, 4) is 0 Å². The van der Waals surface area contributed by atoms with Gasteiger partial charge in [-0.05, 0) is 31.6 Å². The molecule has 6 heteroatoms. The van der Waals surface area contributed by atoms with E-state index in [1.807, 2.05) is 20.0 Å². The van der Waals surface area contributed by atoms with Gasteiger partial charge in [-0.2, -0.15) is 5.10 Å². The number of nitrogens with one attached hydrogen (secondary N) is 2. The summed E-state index contributed by atoms with van der Waals surface area (Å²) in [5, 5.41) is 10.4. The van der Waals surface area contributed by atoms with Gasteiger partial charge in [0.2, 0.25) is 0 Å². The van der Waals surface area contributed by atoms with Crippen LogP contribution in [0.2, 0.25) is 0 Å². The average Bonchev–Trinajstić information content (AvgIpc) is 2.93. The summed E-state index contributed by atoms with van der Waals surface area (Å²) in [6.45, 7) is 14.8. The van der Waals surface area contributed by atoms with Gasteiger partial charge < -0.3 is 5.32 Å². The van der Waals surface area contributed by atoms with Crippen molar-refractivity contribution in [1.29, 1.82) is 0 Å². The van der Waals surface area contributed by atoms with Crippen molar-refractivity contribution >= 4 is 5.91 Å². The molecule has 1 aliphatic rings. The van der Waals surface area contributed by atoms with E-state index in [4.69, 9.17) is 4.98 Å². The number of amides is 1. The number of hydrogen-bond donors (Lipinski definition) is 2. The van der Waals surface area contributed by atoms with Gasteiger partial charge in [0, 0.05) is 34.1 Å². The van der Waals surface area contributed by atoms with Crippen molar-refractivity contribution < 1.29 is 4.79 Å². The fourth-order valence-electron chi connectivity index (χ4n) is 3.76. The minimum absolute atomic E-state index is 0.0592. The Labute approximate surface area is 161 Å². The Morgan fingerprint density at radius 2 is 2.07 bits per heavy atom. The van der Waals surface area contributed by atoms with Gasteiger partial charge in [0.15, 0.2) is 5.69 Å². The molecule has 0 fully saturated rings. The molecule has 0 radical (unpaired) electrons. The molecule has 1 atom stereocenters. The predicted octanol–water partition coefficient (Wildman–Crippen LogP) is 3.81. The summed E-state index contributed by atoms with van der Waals surface area (Å²) < 4.78 is 0. The molecule has 2 N–H and O–H groups in total. The van der Waals surface area contributed by atoms with E-state index in [-0.39, 0.29) is 22.8 Å². The Hall–Kier alpha value is -2.24. The molecule has 0 aromatic carbocycles. The number of H-pyrrole nitrogens is 1. The Bertz CT molecular complexity index is 860. The van der Waals surface area contributed by atoms with Crippen LogP contribution in [0.1, 0.15) is 92.8 Å². The van der Waals surface area contributed by atoms with Crippen molar-refractivity contribution in [3.63, 3.8) is 0 Å². The highest BCUT2D eigenvalue weighted by atomic mass is 16.2. The molecule has 0 saturated carbocycles. The molecule has 0 aliphatic heterocycles. The Kier molecular flexibility index (Phi) is 4.87. The first-order chi connectivity index (χ1) is 12.5. The standard InChI is InChI=1S/C21H31N5O/c1-8-14-12(2)17(26-25-14)18(27)23-15-9-21(6,7)10-16-13(15)11-22-19(24-16)20(3,4)5/h11,15H,8-10H2,1-7H3,(H,23,27)(H,25,26). The second kappa shape index (κ2) is 6.73. The van der Waals surface area contributed by atoms with E-state index in [1.54, 1.807) is 0 Å². The highest BCUT2D eigenvalue weighted by Gasteiger charge is 2.35. The van der Waals surface area contributed by atoms with E-state index in [0.717, 1.165) is 47.6 Å². The van der Waals surface area contributed by atoms with E-state index in [2.05, 4.69) is 55.1 Å². The molecule has 0 spiro atoms. The maximum Gasteiger partial charge on any atom is 0.272 e. The van der Waals surface area contributed by atoms with Gasteiger partial charge in [-0.3, -0.25) is 9.89 Å². The SMILES string of the molecule is CCc1[nH]nc(C(=O)NC2CC(C)(C)Cc3nc(C(C)(C)C)ncc32)c1C. The summed E-state index contributed by atoms with van der Waals surface area (Å²) in [5.41, 5.74) is 4.43. The molecule has 1 amide bonds. The van der Waals surface area contributed by atoms with Crippen LogP contribution in [0.15, 0.2) is 6.20 Å². The summed E-state index contributed by atoms with van der Waals surface area (Å²) in [6.07, 6.45) is 4.47. The minimum atomic E-state index is -0.142. The van der Waals surface area contributed by atoms with Crippen LogP contribution in [-0.2, 0) is 18.3 Å². The van der Waals surface area contributed by atoms with Crippen LogP contribution in [0.5, 0.6) is 0 Å². The van der Waals surface area contributed by atoms with Crippen LogP contribution < -0.4 is 5.32 Å². The highest BCUT2D eigenvalue weighted by Crippen LogP contribution is 2.40. The second-order valence-corrected chi connectivity index (χ2v) is 9.45. The topological polar surface area (TPSA) is 83.6 Å². The monoisotopic (exact) mass is 369 g/mol. The van der Waals surface area contributed by atoms with Crippen molar-refractivity contribution in [2.24, 2.45) is 5.41 Å². The molecule has 2 aromatic rings. The first-order valence-electron chi connectivity index (χ1n) is 9.73. The fraction of sp³-hybridized carbons (Fsp3) is 0.619.